The molecule has 0 saturated carbocycles. The molecule has 2 aromatic heterocycles. The summed E-state index contributed by atoms with van der Waals surface area (Å²) in [4.78, 5) is 12.6. The Hall–Kier alpha value is -2.49. The van der Waals surface area contributed by atoms with Crippen molar-refractivity contribution in [2.75, 3.05) is 5.73 Å². The van der Waals surface area contributed by atoms with Crippen LogP contribution in [0.1, 0.15) is 11.3 Å². The van der Waals surface area contributed by atoms with Gasteiger partial charge in [-0.3, -0.25) is 4.98 Å². The van der Waals surface area contributed by atoms with E-state index in [4.69, 9.17) is 5.73 Å². The number of anilines is 1. The maximum atomic E-state index is 5.46. The SMILES string of the molecule is Nc1ncc(Cc2ccc3ccccc3n2)cn1. The summed E-state index contributed by atoms with van der Waals surface area (Å²) in [5, 5.41) is 1.15. The molecule has 4 heteroatoms. The molecule has 2 heterocycles. The number of hydrogen-bond donors (Lipinski definition) is 1. The minimum Gasteiger partial charge on any atom is -0.368 e. The first-order valence-electron chi connectivity index (χ1n) is 5.72. The second-order valence-electron chi connectivity index (χ2n) is 4.12. The van der Waals surface area contributed by atoms with Gasteiger partial charge in [-0.15, -0.1) is 0 Å². The van der Waals surface area contributed by atoms with Crippen molar-refractivity contribution in [3.63, 3.8) is 0 Å². The Kier molecular flexibility index (Phi) is 2.61. The standard InChI is InChI=1S/C14H12N4/c15-14-16-8-10(9-17-14)7-12-6-5-11-3-1-2-4-13(11)18-12/h1-6,8-9H,7H2,(H2,15,16,17). The number of rotatable bonds is 2. The topological polar surface area (TPSA) is 64.7 Å². The number of fused-ring (bicyclic) bond motifs is 1. The number of aromatic nitrogens is 3. The highest BCUT2D eigenvalue weighted by Gasteiger charge is 2.01. The van der Waals surface area contributed by atoms with Gasteiger partial charge < -0.3 is 5.73 Å². The average Bonchev–Trinajstić information content (AvgIpc) is 2.41. The Morgan fingerprint density at radius 2 is 1.72 bits per heavy atom. The molecule has 4 nitrogen and oxygen atoms in total. The quantitative estimate of drug-likeness (QED) is 0.740. The number of nitrogen functional groups attached to an aromatic ring is 1. The molecule has 3 rings (SSSR count). The van der Waals surface area contributed by atoms with Crippen LogP contribution in [0.5, 0.6) is 0 Å². The molecule has 0 saturated heterocycles. The number of nitrogens with two attached hydrogens (primary N) is 1. The molecule has 0 atom stereocenters. The van der Waals surface area contributed by atoms with Crippen LogP contribution in [0, 0.1) is 0 Å². The van der Waals surface area contributed by atoms with Gasteiger partial charge in [0.1, 0.15) is 0 Å². The second-order valence-corrected chi connectivity index (χ2v) is 4.12. The lowest BCUT2D eigenvalue weighted by Crippen LogP contribution is -1.98. The van der Waals surface area contributed by atoms with Crippen molar-refractivity contribution in [2.45, 2.75) is 6.42 Å². The van der Waals surface area contributed by atoms with Crippen LogP contribution in [0.2, 0.25) is 0 Å². The van der Waals surface area contributed by atoms with E-state index in [1.807, 2.05) is 24.3 Å². The summed E-state index contributed by atoms with van der Waals surface area (Å²) >= 11 is 0. The van der Waals surface area contributed by atoms with E-state index in [1.54, 1.807) is 12.4 Å². The molecule has 88 valence electrons. The molecule has 18 heavy (non-hydrogen) atoms. The minimum atomic E-state index is 0.297. The lowest BCUT2D eigenvalue weighted by atomic mass is 10.1. The summed E-state index contributed by atoms with van der Waals surface area (Å²) < 4.78 is 0. The van der Waals surface area contributed by atoms with Gasteiger partial charge in [-0.25, -0.2) is 9.97 Å². The Balaban J connectivity index is 1.92. The molecule has 0 fully saturated rings. The van der Waals surface area contributed by atoms with Gasteiger partial charge in [-0.05, 0) is 17.7 Å². The monoisotopic (exact) mass is 236 g/mol. The minimum absolute atomic E-state index is 0.297. The maximum Gasteiger partial charge on any atom is 0.219 e. The number of para-hydroxylation sites is 1. The van der Waals surface area contributed by atoms with Crippen molar-refractivity contribution >= 4 is 16.9 Å². The Morgan fingerprint density at radius 3 is 2.56 bits per heavy atom. The van der Waals surface area contributed by atoms with Crippen molar-refractivity contribution in [3.8, 4) is 0 Å². The van der Waals surface area contributed by atoms with Gasteiger partial charge in [0, 0.05) is 29.9 Å². The van der Waals surface area contributed by atoms with Gasteiger partial charge in [0.15, 0.2) is 0 Å². The van der Waals surface area contributed by atoms with Gasteiger partial charge in [-0.2, -0.15) is 0 Å². The van der Waals surface area contributed by atoms with Crippen molar-refractivity contribution in [2.24, 2.45) is 0 Å². The maximum absolute atomic E-state index is 5.46. The molecule has 0 unspecified atom stereocenters. The van der Waals surface area contributed by atoms with Gasteiger partial charge in [0.2, 0.25) is 5.95 Å². The van der Waals surface area contributed by atoms with Crippen LogP contribution in [0.4, 0.5) is 5.95 Å². The van der Waals surface area contributed by atoms with Crippen LogP contribution in [-0.4, -0.2) is 15.0 Å². The third-order valence-electron chi connectivity index (χ3n) is 2.77. The second kappa shape index (κ2) is 4.41. The van der Waals surface area contributed by atoms with E-state index >= 15 is 0 Å². The van der Waals surface area contributed by atoms with Gasteiger partial charge >= 0.3 is 0 Å². The number of benzene rings is 1. The normalized spacial score (nSPS) is 10.7. The highest BCUT2D eigenvalue weighted by Crippen LogP contribution is 2.13. The van der Waals surface area contributed by atoms with Gasteiger partial charge in [-0.1, -0.05) is 24.3 Å². The summed E-state index contributed by atoms with van der Waals surface area (Å²) in [6, 6.07) is 12.2. The Bertz CT molecular complexity index is 677. The molecule has 0 radical (unpaired) electrons. The van der Waals surface area contributed by atoms with Crippen molar-refractivity contribution in [1.29, 1.82) is 0 Å². The first kappa shape index (κ1) is 10.7. The fourth-order valence-electron chi connectivity index (χ4n) is 1.87. The molecular formula is C14H12N4. The van der Waals surface area contributed by atoms with Crippen LogP contribution >= 0.6 is 0 Å². The van der Waals surface area contributed by atoms with Gasteiger partial charge in [0.05, 0.1) is 5.52 Å². The zero-order valence-corrected chi connectivity index (χ0v) is 9.74. The summed E-state index contributed by atoms with van der Waals surface area (Å²) in [5.74, 6) is 0.297. The third kappa shape index (κ3) is 2.13. The van der Waals surface area contributed by atoms with E-state index in [0.717, 1.165) is 22.2 Å². The fourth-order valence-corrected chi connectivity index (χ4v) is 1.87. The predicted molar refractivity (Wildman–Crippen MR) is 71.0 cm³/mol. The van der Waals surface area contributed by atoms with Crippen LogP contribution < -0.4 is 5.73 Å². The van der Waals surface area contributed by atoms with E-state index in [1.165, 1.54) is 0 Å². The van der Waals surface area contributed by atoms with Crippen LogP contribution in [0.3, 0.4) is 0 Å². The summed E-state index contributed by atoms with van der Waals surface area (Å²) in [6.07, 6.45) is 4.18. The molecule has 0 aliphatic carbocycles. The number of hydrogen-bond acceptors (Lipinski definition) is 4. The zero-order valence-electron chi connectivity index (χ0n) is 9.74. The largest absolute Gasteiger partial charge is 0.368 e. The lowest BCUT2D eigenvalue weighted by Gasteiger charge is -2.03. The molecule has 0 amide bonds. The zero-order chi connectivity index (χ0) is 12.4. The van der Waals surface area contributed by atoms with E-state index in [-0.39, 0.29) is 0 Å². The first-order valence-corrected chi connectivity index (χ1v) is 5.72. The molecule has 0 aliphatic heterocycles. The van der Waals surface area contributed by atoms with Crippen LogP contribution in [0.25, 0.3) is 10.9 Å². The van der Waals surface area contributed by atoms with Crippen LogP contribution in [0.15, 0.2) is 48.8 Å². The average molecular weight is 236 g/mol. The van der Waals surface area contributed by atoms with E-state index in [0.29, 0.717) is 12.4 Å². The Labute approximate surface area is 105 Å². The van der Waals surface area contributed by atoms with E-state index in [9.17, 15) is 0 Å². The van der Waals surface area contributed by atoms with E-state index < -0.39 is 0 Å². The smallest absolute Gasteiger partial charge is 0.219 e. The highest BCUT2D eigenvalue weighted by molar-refractivity contribution is 5.78. The molecule has 0 bridgehead atoms. The van der Waals surface area contributed by atoms with Gasteiger partial charge in [0.25, 0.3) is 0 Å². The molecule has 2 N–H and O–H groups in total. The Morgan fingerprint density at radius 1 is 0.944 bits per heavy atom. The summed E-state index contributed by atoms with van der Waals surface area (Å²) in [7, 11) is 0. The van der Waals surface area contributed by atoms with Crippen molar-refractivity contribution in [1.82, 2.24) is 15.0 Å². The predicted octanol–water partition coefficient (Wildman–Crippen LogP) is 2.20. The summed E-state index contributed by atoms with van der Waals surface area (Å²) in [6.45, 7) is 0. The first-order chi connectivity index (χ1) is 8.81. The van der Waals surface area contributed by atoms with Crippen molar-refractivity contribution < 1.29 is 0 Å². The lowest BCUT2D eigenvalue weighted by molar-refractivity contribution is 1.04. The highest BCUT2D eigenvalue weighted by atomic mass is 15.0. The van der Waals surface area contributed by atoms with Crippen LogP contribution in [-0.2, 0) is 6.42 Å². The van der Waals surface area contributed by atoms with Crippen molar-refractivity contribution in [3.05, 3.63) is 60.0 Å². The molecular weight excluding hydrogens is 224 g/mol. The van der Waals surface area contributed by atoms with E-state index in [2.05, 4.69) is 27.1 Å². The molecule has 3 aromatic rings. The third-order valence-corrected chi connectivity index (χ3v) is 2.77. The number of pyridine rings is 1. The molecule has 1 aromatic carbocycles. The molecule has 0 spiro atoms. The fraction of sp³-hybridized carbons (Fsp3) is 0.0714. The summed E-state index contributed by atoms with van der Waals surface area (Å²) in [5.41, 5.74) is 8.47. The number of nitrogens with zero attached hydrogens (tertiary/aromatic N) is 3. The molecule has 0 aliphatic rings.